The standard InChI is InChI=1S/C18H15N3O5S/c1-25-15-6-4-3-5-12(15)13-10-27-18(19-13)20-17(22)11-7-8-16(26-2)14(9-11)21(23)24/h3-10H,1-2H3,(H,19,20,22). The van der Waals surface area contributed by atoms with Crippen molar-refractivity contribution in [3.05, 3.63) is 63.5 Å². The molecule has 27 heavy (non-hydrogen) atoms. The third-order valence-electron chi connectivity index (χ3n) is 3.75. The molecule has 0 saturated carbocycles. The number of ether oxygens (including phenoxy) is 2. The summed E-state index contributed by atoms with van der Waals surface area (Å²) in [6.45, 7) is 0. The highest BCUT2D eigenvalue weighted by Gasteiger charge is 2.19. The van der Waals surface area contributed by atoms with E-state index in [4.69, 9.17) is 9.47 Å². The highest BCUT2D eigenvalue weighted by atomic mass is 32.1. The van der Waals surface area contributed by atoms with E-state index in [9.17, 15) is 14.9 Å². The van der Waals surface area contributed by atoms with Crippen LogP contribution >= 0.6 is 11.3 Å². The van der Waals surface area contributed by atoms with Gasteiger partial charge in [0.15, 0.2) is 10.9 Å². The van der Waals surface area contributed by atoms with Gasteiger partial charge in [0.25, 0.3) is 5.91 Å². The molecule has 0 radical (unpaired) electrons. The summed E-state index contributed by atoms with van der Waals surface area (Å²) in [5, 5.41) is 15.9. The number of amides is 1. The number of hydrogen-bond donors (Lipinski definition) is 1. The van der Waals surface area contributed by atoms with Crippen molar-refractivity contribution in [1.29, 1.82) is 0 Å². The van der Waals surface area contributed by atoms with E-state index in [1.807, 2.05) is 24.3 Å². The van der Waals surface area contributed by atoms with Crippen LogP contribution in [0.15, 0.2) is 47.8 Å². The molecule has 1 amide bonds. The van der Waals surface area contributed by atoms with Crippen molar-refractivity contribution < 1.29 is 19.2 Å². The lowest BCUT2D eigenvalue weighted by molar-refractivity contribution is -0.385. The molecule has 138 valence electrons. The van der Waals surface area contributed by atoms with Crippen LogP contribution in [0.3, 0.4) is 0 Å². The third kappa shape index (κ3) is 3.87. The number of anilines is 1. The van der Waals surface area contributed by atoms with E-state index < -0.39 is 10.8 Å². The third-order valence-corrected chi connectivity index (χ3v) is 4.50. The van der Waals surface area contributed by atoms with Crippen molar-refractivity contribution in [2.45, 2.75) is 0 Å². The fourth-order valence-electron chi connectivity index (χ4n) is 2.45. The molecular weight excluding hydrogens is 370 g/mol. The van der Waals surface area contributed by atoms with Crippen LogP contribution in [0.1, 0.15) is 10.4 Å². The Kier molecular flexibility index (Phi) is 5.32. The highest BCUT2D eigenvalue weighted by Crippen LogP contribution is 2.32. The molecular formula is C18H15N3O5S. The van der Waals surface area contributed by atoms with Crippen molar-refractivity contribution in [2.24, 2.45) is 0 Å². The molecule has 0 aliphatic heterocycles. The first-order chi connectivity index (χ1) is 13.0. The summed E-state index contributed by atoms with van der Waals surface area (Å²) in [6, 6.07) is 11.4. The number of benzene rings is 2. The van der Waals surface area contributed by atoms with E-state index >= 15 is 0 Å². The maximum atomic E-state index is 12.4. The fourth-order valence-corrected chi connectivity index (χ4v) is 3.16. The van der Waals surface area contributed by atoms with Crippen LogP contribution in [0, 0.1) is 10.1 Å². The van der Waals surface area contributed by atoms with Crippen molar-refractivity contribution in [3.63, 3.8) is 0 Å². The number of thiazole rings is 1. The average molecular weight is 385 g/mol. The predicted molar refractivity (Wildman–Crippen MR) is 102 cm³/mol. The number of nitro groups is 1. The molecule has 0 aliphatic rings. The quantitative estimate of drug-likeness (QED) is 0.508. The largest absolute Gasteiger partial charge is 0.496 e. The topological polar surface area (TPSA) is 104 Å². The summed E-state index contributed by atoms with van der Waals surface area (Å²) in [5.74, 6) is 0.261. The van der Waals surface area contributed by atoms with Crippen LogP contribution in [0.4, 0.5) is 10.8 Å². The van der Waals surface area contributed by atoms with Gasteiger partial charge in [-0.05, 0) is 24.3 Å². The molecule has 1 N–H and O–H groups in total. The van der Waals surface area contributed by atoms with E-state index in [2.05, 4.69) is 10.3 Å². The van der Waals surface area contributed by atoms with Gasteiger partial charge in [0, 0.05) is 22.6 Å². The predicted octanol–water partition coefficient (Wildman–Crippen LogP) is 3.99. The first-order valence-electron chi connectivity index (χ1n) is 7.76. The van der Waals surface area contributed by atoms with Gasteiger partial charge in [0.05, 0.1) is 24.8 Å². The van der Waals surface area contributed by atoms with E-state index in [-0.39, 0.29) is 17.0 Å². The Bertz CT molecular complexity index is 1000. The second-order valence-corrected chi connectivity index (χ2v) is 6.19. The van der Waals surface area contributed by atoms with Crippen molar-refractivity contribution in [1.82, 2.24) is 4.98 Å². The number of rotatable bonds is 6. The molecule has 2 aromatic carbocycles. The van der Waals surface area contributed by atoms with Gasteiger partial charge in [-0.3, -0.25) is 20.2 Å². The van der Waals surface area contributed by atoms with Crippen LogP contribution in [-0.2, 0) is 0 Å². The lowest BCUT2D eigenvalue weighted by Crippen LogP contribution is -2.12. The first kappa shape index (κ1) is 18.3. The summed E-state index contributed by atoms with van der Waals surface area (Å²) in [6.07, 6.45) is 0. The zero-order chi connectivity index (χ0) is 19.4. The number of nitro benzene ring substituents is 1. The molecule has 0 saturated heterocycles. The van der Waals surface area contributed by atoms with Crippen molar-refractivity contribution >= 4 is 28.1 Å². The number of para-hydroxylation sites is 1. The fraction of sp³-hybridized carbons (Fsp3) is 0.111. The van der Waals surface area contributed by atoms with E-state index in [1.165, 1.54) is 36.6 Å². The number of aromatic nitrogens is 1. The maximum absolute atomic E-state index is 12.4. The van der Waals surface area contributed by atoms with E-state index in [0.717, 1.165) is 5.56 Å². The highest BCUT2D eigenvalue weighted by molar-refractivity contribution is 7.14. The lowest BCUT2D eigenvalue weighted by Gasteiger charge is -2.06. The van der Waals surface area contributed by atoms with Gasteiger partial charge in [-0.1, -0.05) is 12.1 Å². The Hall–Kier alpha value is -3.46. The van der Waals surface area contributed by atoms with Gasteiger partial charge >= 0.3 is 5.69 Å². The number of nitrogens with one attached hydrogen (secondary N) is 1. The number of carbonyl (C=O) groups excluding carboxylic acids is 1. The SMILES string of the molecule is COc1ccccc1-c1csc(NC(=O)c2ccc(OC)c([N+](=O)[O-])c2)n1. The Labute approximate surface area is 158 Å². The van der Waals surface area contributed by atoms with Gasteiger partial charge in [0.1, 0.15) is 5.75 Å². The van der Waals surface area contributed by atoms with Gasteiger partial charge < -0.3 is 9.47 Å². The Morgan fingerprint density at radius 3 is 2.59 bits per heavy atom. The zero-order valence-electron chi connectivity index (χ0n) is 14.5. The van der Waals surface area contributed by atoms with Crippen LogP contribution in [-0.4, -0.2) is 30.0 Å². The smallest absolute Gasteiger partial charge is 0.311 e. The molecule has 0 bridgehead atoms. The van der Waals surface area contributed by atoms with Crippen LogP contribution in [0.2, 0.25) is 0 Å². The van der Waals surface area contributed by atoms with Gasteiger partial charge in [0.2, 0.25) is 0 Å². The minimum Gasteiger partial charge on any atom is -0.496 e. The van der Waals surface area contributed by atoms with Gasteiger partial charge in [-0.2, -0.15) is 0 Å². The Morgan fingerprint density at radius 2 is 1.89 bits per heavy atom. The molecule has 0 unspecified atom stereocenters. The minimum absolute atomic E-state index is 0.0873. The summed E-state index contributed by atoms with van der Waals surface area (Å²) < 4.78 is 10.3. The molecule has 0 atom stereocenters. The second kappa shape index (κ2) is 7.83. The molecule has 0 aliphatic carbocycles. The molecule has 0 spiro atoms. The molecule has 3 aromatic rings. The number of nitrogens with zero attached hydrogens (tertiary/aromatic N) is 2. The molecule has 1 heterocycles. The van der Waals surface area contributed by atoms with E-state index in [1.54, 1.807) is 12.5 Å². The molecule has 1 aromatic heterocycles. The van der Waals surface area contributed by atoms with E-state index in [0.29, 0.717) is 16.6 Å². The second-order valence-electron chi connectivity index (χ2n) is 5.34. The normalized spacial score (nSPS) is 10.3. The summed E-state index contributed by atoms with van der Waals surface area (Å²) >= 11 is 1.25. The zero-order valence-corrected chi connectivity index (χ0v) is 15.3. The number of carbonyl (C=O) groups is 1. The van der Waals surface area contributed by atoms with Crippen LogP contribution in [0.25, 0.3) is 11.3 Å². The molecule has 3 rings (SSSR count). The van der Waals surface area contributed by atoms with Crippen LogP contribution in [0.5, 0.6) is 11.5 Å². The molecule has 0 fully saturated rings. The Balaban J connectivity index is 1.82. The number of hydrogen-bond acceptors (Lipinski definition) is 7. The minimum atomic E-state index is -0.598. The van der Waals surface area contributed by atoms with Crippen LogP contribution < -0.4 is 14.8 Å². The van der Waals surface area contributed by atoms with Crippen molar-refractivity contribution in [3.8, 4) is 22.8 Å². The van der Waals surface area contributed by atoms with Crippen molar-refractivity contribution in [2.75, 3.05) is 19.5 Å². The lowest BCUT2D eigenvalue weighted by atomic mass is 10.1. The van der Waals surface area contributed by atoms with Gasteiger partial charge in [-0.25, -0.2) is 4.98 Å². The van der Waals surface area contributed by atoms with Gasteiger partial charge in [-0.15, -0.1) is 11.3 Å². The molecule has 8 nitrogen and oxygen atoms in total. The monoisotopic (exact) mass is 385 g/mol. The summed E-state index contributed by atoms with van der Waals surface area (Å²) in [7, 11) is 2.90. The summed E-state index contributed by atoms with van der Waals surface area (Å²) in [4.78, 5) is 27.3. The average Bonchev–Trinajstić information content (AvgIpc) is 3.15. The Morgan fingerprint density at radius 1 is 1.15 bits per heavy atom. The number of methoxy groups -OCH3 is 2. The summed E-state index contributed by atoms with van der Waals surface area (Å²) in [5.41, 5.74) is 1.32. The first-order valence-corrected chi connectivity index (χ1v) is 8.64. The maximum Gasteiger partial charge on any atom is 0.311 e. The molecule has 9 heteroatoms.